The Morgan fingerprint density at radius 3 is 1.41 bits per heavy atom. The molecular formula is C15H14N2. The van der Waals surface area contributed by atoms with Gasteiger partial charge in [0, 0.05) is 0 Å². The fraction of sp³-hybridized carbons (Fsp3) is 0.133. The van der Waals surface area contributed by atoms with Gasteiger partial charge in [0.05, 0.1) is 11.4 Å². The van der Waals surface area contributed by atoms with Crippen LogP contribution in [0.15, 0.2) is 48.5 Å². The second-order valence-electron chi connectivity index (χ2n) is 4.11. The van der Waals surface area contributed by atoms with Crippen molar-refractivity contribution in [3.63, 3.8) is 0 Å². The first-order chi connectivity index (χ1) is 8.20. The number of anilines is 2. The van der Waals surface area contributed by atoms with Crippen LogP contribution >= 0.6 is 0 Å². The number of hydrogen-bond acceptors (Lipinski definition) is 2. The normalized spacial score (nSPS) is 9.71. The Labute approximate surface area is 102 Å². The summed E-state index contributed by atoms with van der Waals surface area (Å²) in [7, 11) is 0. The Bertz CT molecular complexity index is 487. The van der Waals surface area contributed by atoms with E-state index in [0.717, 1.165) is 11.4 Å². The van der Waals surface area contributed by atoms with Crippen molar-refractivity contribution in [3.8, 4) is 6.19 Å². The lowest BCUT2D eigenvalue weighted by Gasteiger charge is -2.16. The quantitative estimate of drug-likeness (QED) is 0.568. The Balaban J connectivity index is 2.37. The molecule has 2 aromatic rings. The average Bonchev–Trinajstić information content (AvgIpc) is 2.35. The molecule has 0 bridgehead atoms. The minimum Gasteiger partial charge on any atom is -0.248 e. The van der Waals surface area contributed by atoms with E-state index in [0.29, 0.717) is 0 Å². The van der Waals surface area contributed by atoms with Gasteiger partial charge >= 0.3 is 0 Å². The molecule has 0 aromatic heterocycles. The molecule has 0 N–H and O–H groups in total. The molecule has 0 saturated heterocycles. The van der Waals surface area contributed by atoms with Crippen molar-refractivity contribution >= 4 is 11.4 Å². The van der Waals surface area contributed by atoms with Crippen LogP contribution in [-0.4, -0.2) is 0 Å². The van der Waals surface area contributed by atoms with E-state index in [-0.39, 0.29) is 0 Å². The van der Waals surface area contributed by atoms with E-state index in [1.54, 1.807) is 4.90 Å². The highest BCUT2D eigenvalue weighted by Crippen LogP contribution is 2.24. The highest BCUT2D eigenvalue weighted by Gasteiger charge is 2.07. The van der Waals surface area contributed by atoms with Crippen LogP contribution in [0.1, 0.15) is 11.1 Å². The van der Waals surface area contributed by atoms with Gasteiger partial charge in [-0.3, -0.25) is 0 Å². The van der Waals surface area contributed by atoms with Gasteiger partial charge in [-0.25, -0.2) is 4.90 Å². The summed E-state index contributed by atoms with van der Waals surface area (Å²) in [6, 6.07) is 15.9. The molecule has 2 heteroatoms. The van der Waals surface area contributed by atoms with Crippen LogP contribution in [0.5, 0.6) is 0 Å². The molecule has 0 aliphatic rings. The van der Waals surface area contributed by atoms with Crippen LogP contribution in [0.4, 0.5) is 11.4 Å². The van der Waals surface area contributed by atoms with Crippen molar-refractivity contribution < 1.29 is 0 Å². The monoisotopic (exact) mass is 222 g/mol. The fourth-order valence-electron chi connectivity index (χ4n) is 1.65. The van der Waals surface area contributed by atoms with Crippen LogP contribution in [0.25, 0.3) is 0 Å². The van der Waals surface area contributed by atoms with E-state index in [1.807, 2.05) is 62.4 Å². The maximum atomic E-state index is 9.25. The van der Waals surface area contributed by atoms with Crippen molar-refractivity contribution in [1.82, 2.24) is 0 Å². The number of nitrogens with zero attached hydrogens (tertiary/aromatic N) is 2. The first kappa shape index (κ1) is 11.2. The highest BCUT2D eigenvalue weighted by molar-refractivity contribution is 5.67. The second kappa shape index (κ2) is 4.71. The molecule has 0 radical (unpaired) electrons. The third-order valence-electron chi connectivity index (χ3n) is 2.68. The number of rotatable bonds is 2. The maximum absolute atomic E-state index is 9.25. The van der Waals surface area contributed by atoms with Crippen molar-refractivity contribution in [2.45, 2.75) is 13.8 Å². The van der Waals surface area contributed by atoms with E-state index in [1.165, 1.54) is 11.1 Å². The molecule has 0 spiro atoms. The predicted octanol–water partition coefficient (Wildman–Crippen LogP) is 3.92. The van der Waals surface area contributed by atoms with Gasteiger partial charge in [-0.2, -0.15) is 5.26 Å². The van der Waals surface area contributed by atoms with Crippen molar-refractivity contribution in [3.05, 3.63) is 59.7 Å². The number of benzene rings is 2. The summed E-state index contributed by atoms with van der Waals surface area (Å²) < 4.78 is 0. The van der Waals surface area contributed by atoms with Crippen LogP contribution in [-0.2, 0) is 0 Å². The number of nitriles is 1. The first-order valence-electron chi connectivity index (χ1n) is 5.54. The molecule has 0 heterocycles. The maximum Gasteiger partial charge on any atom is 0.189 e. The van der Waals surface area contributed by atoms with E-state index in [9.17, 15) is 5.26 Å². The first-order valence-corrected chi connectivity index (χ1v) is 5.54. The van der Waals surface area contributed by atoms with Crippen molar-refractivity contribution in [1.29, 1.82) is 5.26 Å². The fourth-order valence-corrected chi connectivity index (χ4v) is 1.65. The summed E-state index contributed by atoms with van der Waals surface area (Å²) in [6.45, 7) is 4.07. The van der Waals surface area contributed by atoms with Gasteiger partial charge in [0.15, 0.2) is 6.19 Å². The van der Waals surface area contributed by atoms with Crippen LogP contribution < -0.4 is 4.90 Å². The van der Waals surface area contributed by atoms with Gasteiger partial charge in [0.25, 0.3) is 0 Å². The third kappa shape index (κ3) is 2.46. The summed E-state index contributed by atoms with van der Waals surface area (Å²) in [5.74, 6) is 0. The topological polar surface area (TPSA) is 27.0 Å². The molecule has 0 fully saturated rings. The van der Waals surface area contributed by atoms with Crippen LogP contribution in [0.3, 0.4) is 0 Å². The number of hydrogen-bond donors (Lipinski definition) is 0. The molecule has 2 rings (SSSR count). The predicted molar refractivity (Wildman–Crippen MR) is 70.1 cm³/mol. The summed E-state index contributed by atoms with van der Waals surface area (Å²) in [5, 5.41) is 9.25. The minimum atomic E-state index is 0.891. The van der Waals surface area contributed by atoms with Gasteiger partial charge < -0.3 is 0 Å². The lowest BCUT2D eigenvalue weighted by atomic mass is 10.2. The largest absolute Gasteiger partial charge is 0.248 e. The second-order valence-corrected chi connectivity index (χ2v) is 4.11. The zero-order valence-corrected chi connectivity index (χ0v) is 10.0. The number of aryl methyl sites for hydroxylation is 2. The highest BCUT2D eigenvalue weighted by atomic mass is 15.1. The zero-order valence-electron chi connectivity index (χ0n) is 10.0. The summed E-state index contributed by atoms with van der Waals surface area (Å²) in [6.07, 6.45) is 2.21. The SMILES string of the molecule is Cc1ccc(N(C#N)c2ccc(C)cc2)cc1. The average molecular weight is 222 g/mol. The Morgan fingerprint density at radius 2 is 1.12 bits per heavy atom. The van der Waals surface area contributed by atoms with Gasteiger partial charge in [0.2, 0.25) is 0 Å². The summed E-state index contributed by atoms with van der Waals surface area (Å²) in [4.78, 5) is 1.62. The van der Waals surface area contributed by atoms with Crippen LogP contribution in [0.2, 0.25) is 0 Å². The molecule has 0 atom stereocenters. The van der Waals surface area contributed by atoms with E-state index < -0.39 is 0 Å². The van der Waals surface area contributed by atoms with Gasteiger partial charge in [-0.05, 0) is 38.1 Å². The summed E-state index contributed by atoms with van der Waals surface area (Å²) in [5.41, 5.74) is 4.16. The molecule has 2 nitrogen and oxygen atoms in total. The Hall–Kier alpha value is -2.27. The summed E-state index contributed by atoms with van der Waals surface area (Å²) >= 11 is 0. The standard InChI is InChI=1S/C15H14N2/c1-12-3-7-14(8-4-12)17(11-16)15-9-5-13(2)6-10-15/h3-10H,1-2H3. The molecule has 0 aliphatic carbocycles. The van der Waals surface area contributed by atoms with Gasteiger partial charge in [-0.1, -0.05) is 35.4 Å². The molecule has 0 amide bonds. The van der Waals surface area contributed by atoms with E-state index >= 15 is 0 Å². The Kier molecular flexibility index (Phi) is 3.11. The molecule has 0 aliphatic heterocycles. The van der Waals surface area contributed by atoms with E-state index in [2.05, 4.69) is 6.19 Å². The van der Waals surface area contributed by atoms with Gasteiger partial charge in [-0.15, -0.1) is 0 Å². The molecule has 84 valence electrons. The molecule has 0 unspecified atom stereocenters. The molecule has 0 saturated carbocycles. The lowest BCUT2D eigenvalue weighted by Crippen LogP contribution is -2.08. The molecule has 17 heavy (non-hydrogen) atoms. The third-order valence-corrected chi connectivity index (χ3v) is 2.68. The molecule has 2 aromatic carbocycles. The smallest absolute Gasteiger partial charge is 0.189 e. The van der Waals surface area contributed by atoms with Gasteiger partial charge in [0.1, 0.15) is 0 Å². The zero-order chi connectivity index (χ0) is 12.3. The van der Waals surface area contributed by atoms with Crippen LogP contribution in [0, 0.1) is 25.3 Å². The Morgan fingerprint density at radius 1 is 0.765 bits per heavy atom. The lowest BCUT2D eigenvalue weighted by molar-refractivity contribution is 1.26. The van der Waals surface area contributed by atoms with Crippen molar-refractivity contribution in [2.75, 3.05) is 4.90 Å². The minimum absolute atomic E-state index is 0.891. The van der Waals surface area contributed by atoms with E-state index in [4.69, 9.17) is 0 Å². The molecular weight excluding hydrogens is 208 g/mol. The van der Waals surface area contributed by atoms with Crippen molar-refractivity contribution in [2.24, 2.45) is 0 Å².